The molecule has 0 aromatic rings. The molecule has 4 bridgehead atoms. The third-order valence-corrected chi connectivity index (χ3v) is 6.67. The lowest BCUT2D eigenvalue weighted by atomic mass is 9.35. The van der Waals surface area contributed by atoms with E-state index in [9.17, 15) is 19.8 Å². The third-order valence-electron chi connectivity index (χ3n) is 6.02. The second-order valence-electron chi connectivity index (χ2n) is 8.82. The topological polar surface area (TPSA) is 74.6 Å². The number of carboxylic acids is 2. The summed E-state index contributed by atoms with van der Waals surface area (Å²) in [5, 5.41) is 17.8. The van der Waals surface area contributed by atoms with E-state index < -0.39 is 22.7 Å². The molecule has 4 rings (SSSR count). The highest BCUT2D eigenvalue weighted by Crippen LogP contribution is 2.75. The first kappa shape index (κ1) is 15.1. The molecule has 0 heterocycles. The van der Waals surface area contributed by atoms with E-state index in [1.165, 1.54) is 0 Å². The van der Waals surface area contributed by atoms with Gasteiger partial charge in [0.2, 0.25) is 0 Å². The summed E-state index contributed by atoms with van der Waals surface area (Å²) in [6.07, 6.45) is 5.28. The van der Waals surface area contributed by atoms with Crippen LogP contribution in [0, 0.1) is 21.7 Å². The largest absolute Gasteiger partial charge is 0.481 e. The number of rotatable bonds is 4. The molecular weight excluding hydrogens is 292 g/mol. The fraction of sp³-hybridized carbons (Fsp3) is 0.875. The van der Waals surface area contributed by atoms with Crippen molar-refractivity contribution < 1.29 is 19.8 Å². The Morgan fingerprint density at radius 1 is 1.00 bits per heavy atom. The van der Waals surface area contributed by atoms with Gasteiger partial charge in [0, 0.05) is 0 Å². The summed E-state index contributed by atoms with van der Waals surface area (Å²) in [7, 11) is 0. The van der Waals surface area contributed by atoms with Crippen molar-refractivity contribution in [3.05, 3.63) is 0 Å². The van der Waals surface area contributed by atoms with Crippen molar-refractivity contribution in [3.63, 3.8) is 0 Å². The average molecular weight is 315 g/mol. The summed E-state index contributed by atoms with van der Waals surface area (Å²) in [5.41, 5.74) is -0.656. The summed E-state index contributed by atoms with van der Waals surface area (Å²) in [5.74, 6) is -1.74. The lowest BCUT2D eigenvalue weighted by molar-refractivity contribution is -0.199. The van der Waals surface area contributed by atoms with Crippen molar-refractivity contribution in [1.29, 1.82) is 0 Å². The summed E-state index contributed by atoms with van der Waals surface area (Å²) in [6.45, 7) is 4.39. The van der Waals surface area contributed by atoms with E-state index in [1.54, 1.807) is 0 Å². The van der Waals surface area contributed by atoms with Crippen molar-refractivity contribution in [2.45, 2.75) is 64.2 Å². The Morgan fingerprint density at radius 3 is 1.95 bits per heavy atom. The number of carboxylic acid groups (broad SMARTS) is 2. The van der Waals surface area contributed by atoms with Crippen molar-refractivity contribution >= 4 is 23.5 Å². The van der Waals surface area contributed by atoms with Crippen LogP contribution in [0.25, 0.3) is 0 Å². The van der Waals surface area contributed by atoms with Crippen molar-refractivity contribution in [1.82, 2.24) is 0 Å². The molecule has 4 fully saturated rings. The molecule has 0 amide bonds. The molecule has 0 saturated heterocycles. The van der Waals surface area contributed by atoms with Crippen LogP contribution in [-0.4, -0.2) is 27.5 Å². The summed E-state index contributed by atoms with van der Waals surface area (Å²) < 4.78 is 0. The van der Waals surface area contributed by atoms with Gasteiger partial charge in [0.15, 0.2) is 0 Å². The zero-order valence-electron chi connectivity index (χ0n) is 12.6. The molecule has 2 N–H and O–H groups in total. The zero-order valence-corrected chi connectivity index (χ0v) is 13.4. The van der Waals surface area contributed by atoms with Gasteiger partial charge < -0.3 is 10.2 Å². The summed E-state index contributed by atoms with van der Waals surface area (Å²) in [6, 6.07) is 0. The fourth-order valence-electron chi connectivity index (χ4n) is 7.08. The summed E-state index contributed by atoms with van der Waals surface area (Å²) in [4.78, 5) is 22.9. The van der Waals surface area contributed by atoms with E-state index in [0.29, 0.717) is 6.42 Å². The molecular formula is C16H23ClO4. The molecule has 4 saturated carbocycles. The van der Waals surface area contributed by atoms with Gasteiger partial charge >= 0.3 is 11.9 Å². The van der Waals surface area contributed by atoms with E-state index in [-0.39, 0.29) is 22.7 Å². The standard InChI is InChI=1S/C16H23ClO4/c1-13-4-14(2)6-15(5-13,3-10(18)19)9-16(7-13,8-14)11(17)12(20)21/h11H,3-9H2,1-2H3,(H,18,19)(H,20,21). The van der Waals surface area contributed by atoms with Gasteiger partial charge in [-0.2, -0.15) is 0 Å². The molecule has 0 aliphatic heterocycles. The molecule has 4 nitrogen and oxygen atoms in total. The van der Waals surface area contributed by atoms with Gasteiger partial charge in [-0.15, -0.1) is 11.6 Å². The molecule has 5 heteroatoms. The first-order chi connectivity index (χ1) is 9.51. The van der Waals surface area contributed by atoms with Crippen LogP contribution in [0.5, 0.6) is 0 Å². The average Bonchev–Trinajstić information content (AvgIpc) is 2.20. The van der Waals surface area contributed by atoms with Crippen LogP contribution in [0.15, 0.2) is 0 Å². The minimum atomic E-state index is -0.962. The zero-order chi connectivity index (χ0) is 15.7. The van der Waals surface area contributed by atoms with Gasteiger partial charge in [-0.05, 0) is 60.2 Å². The van der Waals surface area contributed by atoms with Crippen LogP contribution < -0.4 is 0 Å². The molecule has 4 aliphatic rings. The van der Waals surface area contributed by atoms with Crippen LogP contribution in [0.3, 0.4) is 0 Å². The smallest absolute Gasteiger partial charge is 0.322 e. The number of aliphatic carboxylic acids is 2. The monoisotopic (exact) mass is 314 g/mol. The van der Waals surface area contributed by atoms with Crippen LogP contribution in [-0.2, 0) is 9.59 Å². The van der Waals surface area contributed by atoms with E-state index in [4.69, 9.17) is 11.6 Å². The maximum absolute atomic E-state index is 11.5. The number of hydrogen-bond donors (Lipinski definition) is 2. The Labute approximate surface area is 129 Å². The van der Waals surface area contributed by atoms with Crippen molar-refractivity contribution in [3.8, 4) is 0 Å². The molecule has 3 unspecified atom stereocenters. The van der Waals surface area contributed by atoms with Gasteiger partial charge in [-0.25, -0.2) is 0 Å². The Balaban J connectivity index is 2.05. The number of hydrogen-bond acceptors (Lipinski definition) is 2. The van der Waals surface area contributed by atoms with E-state index in [1.807, 2.05) is 0 Å². The van der Waals surface area contributed by atoms with Crippen LogP contribution in [0.1, 0.15) is 58.8 Å². The highest BCUT2D eigenvalue weighted by atomic mass is 35.5. The van der Waals surface area contributed by atoms with Gasteiger partial charge in [0.05, 0.1) is 6.42 Å². The van der Waals surface area contributed by atoms with Crippen molar-refractivity contribution in [2.75, 3.05) is 0 Å². The first-order valence-corrected chi connectivity index (χ1v) is 8.04. The van der Waals surface area contributed by atoms with Gasteiger partial charge in [0.25, 0.3) is 0 Å². The lowest BCUT2D eigenvalue weighted by Gasteiger charge is -2.70. The van der Waals surface area contributed by atoms with Crippen molar-refractivity contribution in [2.24, 2.45) is 21.7 Å². The third kappa shape index (κ3) is 2.26. The highest BCUT2D eigenvalue weighted by molar-refractivity contribution is 6.30. The maximum atomic E-state index is 11.5. The van der Waals surface area contributed by atoms with E-state index in [0.717, 1.165) is 32.1 Å². The number of halogens is 1. The molecule has 0 spiro atoms. The Morgan fingerprint density at radius 2 is 1.52 bits per heavy atom. The number of carbonyl (C=O) groups is 2. The fourth-order valence-corrected chi connectivity index (χ4v) is 7.31. The normalized spacial score (nSPS) is 49.1. The molecule has 21 heavy (non-hydrogen) atoms. The highest BCUT2D eigenvalue weighted by Gasteiger charge is 2.68. The molecule has 118 valence electrons. The number of alkyl halides is 1. The van der Waals surface area contributed by atoms with Gasteiger partial charge in [-0.3, -0.25) is 9.59 Å². The minimum Gasteiger partial charge on any atom is -0.481 e. The molecule has 4 aliphatic carbocycles. The van der Waals surface area contributed by atoms with E-state index >= 15 is 0 Å². The Bertz CT molecular complexity index is 496. The Hall–Kier alpha value is -0.770. The summed E-state index contributed by atoms with van der Waals surface area (Å²) >= 11 is 6.31. The van der Waals surface area contributed by atoms with Gasteiger partial charge in [-0.1, -0.05) is 13.8 Å². The molecule has 0 aromatic carbocycles. The maximum Gasteiger partial charge on any atom is 0.322 e. The van der Waals surface area contributed by atoms with Crippen LogP contribution >= 0.6 is 11.6 Å². The van der Waals surface area contributed by atoms with Crippen LogP contribution in [0.2, 0.25) is 0 Å². The predicted octanol–water partition coefficient (Wildman–Crippen LogP) is 3.52. The second kappa shape index (κ2) is 4.15. The minimum absolute atomic E-state index is 0.0293. The lowest BCUT2D eigenvalue weighted by Crippen LogP contribution is -2.63. The second-order valence-corrected chi connectivity index (χ2v) is 9.25. The molecule has 3 atom stereocenters. The molecule has 0 radical (unpaired) electrons. The Kier molecular flexibility index (Phi) is 2.99. The first-order valence-electron chi connectivity index (χ1n) is 7.60. The predicted molar refractivity (Wildman–Crippen MR) is 78.3 cm³/mol. The van der Waals surface area contributed by atoms with Gasteiger partial charge in [0.1, 0.15) is 5.38 Å². The van der Waals surface area contributed by atoms with Crippen LogP contribution in [0.4, 0.5) is 0 Å². The van der Waals surface area contributed by atoms with E-state index in [2.05, 4.69) is 13.8 Å². The SMILES string of the molecule is CC12CC3(C)CC(CC(=O)O)(C1)CC(C(Cl)C(=O)O)(C2)C3. The molecule has 0 aromatic heterocycles. The quantitative estimate of drug-likeness (QED) is 0.779.